The Morgan fingerprint density at radius 2 is 1.90 bits per heavy atom. The van der Waals surface area contributed by atoms with Crippen molar-refractivity contribution in [2.75, 3.05) is 6.54 Å². The molecule has 2 heterocycles. The molecule has 1 atom stereocenters. The molecule has 0 bridgehead atoms. The Bertz CT molecular complexity index is 726. The molecular formula is C17H19N3. The molecule has 20 heavy (non-hydrogen) atoms. The van der Waals surface area contributed by atoms with Gasteiger partial charge in [0.25, 0.3) is 0 Å². The standard InChI is InChI=1S/C17H19N3/c1-12-6-8-14(9-7-12)16-17(13(2)11-18)20-10-4-3-5-15(20)19-16/h3-10,13H,11,18H2,1-2H3. The number of aromatic nitrogens is 2. The summed E-state index contributed by atoms with van der Waals surface area (Å²) in [6.07, 6.45) is 2.06. The zero-order chi connectivity index (χ0) is 14.1. The number of rotatable bonds is 3. The summed E-state index contributed by atoms with van der Waals surface area (Å²) in [7, 11) is 0. The Hall–Kier alpha value is -2.13. The van der Waals surface area contributed by atoms with E-state index in [0.717, 1.165) is 16.9 Å². The molecule has 0 radical (unpaired) electrons. The molecule has 0 aliphatic heterocycles. The second-order valence-electron chi connectivity index (χ2n) is 5.28. The Morgan fingerprint density at radius 1 is 1.15 bits per heavy atom. The number of benzene rings is 1. The topological polar surface area (TPSA) is 43.3 Å². The Morgan fingerprint density at radius 3 is 2.60 bits per heavy atom. The molecule has 3 nitrogen and oxygen atoms in total. The summed E-state index contributed by atoms with van der Waals surface area (Å²) < 4.78 is 2.15. The Labute approximate surface area is 119 Å². The van der Waals surface area contributed by atoms with Crippen LogP contribution in [0.1, 0.15) is 24.1 Å². The average molecular weight is 265 g/mol. The highest BCUT2D eigenvalue weighted by molar-refractivity contribution is 5.67. The van der Waals surface area contributed by atoms with Gasteiger partial charge in [-0.1, -0.05) is 42.8 Å². The fourth-order valence-corrected chi connectivity index (χ4v) is 2.52. The predicted molar refractivity (Wildman–Crippen MR) is 82.8 cm³/mol. The zero-order valence-corrected chi connectivity index (χ0v) is 11.9. The molecule has 0 aliphatic rings. The molecule has 0 saturated carbocycles. The highest BCUT2D eigenvalue weighted by Gasteiger charge is 2.18. The van der Waals surface area contributed by atoms with E-state index in [1.54, 1.807) is 0 Å². The fourth-order valence-electron chi connectivity index (χ4n) is 2.52. The maximum absolute atomic E-state index is 5.88. The van der Waals surface area contributed by atoms with E-state index in [-0.39, 0.29) is 5.92 Å². The van der Waals surface area contributed by atoms with E-state index in [0.29, 0.717) is 6.54 Å². The van der Waals surface area contributed by atoms with Gasteiger partial charge in [-0.2, -0.15) is 0 Å². The second kappa shape index (κ2) is 5.10. The first-order chi connectivity index (χ1) is 9.70. The van der Waals surface area contributed by atoms with Crippen molar-refractivity contribution in [3.63, 3.8) is 0 Å². The van der Waals surface area contributed by atoms with Crippen molar-refractivity contribution in [2.24, 2.45) is 5.73 Å². The van der Waals surface area contributed by atoms with Crippen molar-refractivity contribution in [3.05, 3.63) is 59.9 Å². The van der Waals surface area contributed by atoms with Crippen LogP contribution < -0.4 is 5.73 Å². The summed E-state index contributed by atoms with van der Waals surface area (Å²) in [4.78, 5) is 4.79. The summed E-state index contributed by atoms with van der Waals surface area (Å²) in [5, 5.41) is 0. The quantitative estimate of drug-likeness (QED) is 0.789. The van der Waals surface area contributed by atoms with Crippen LogP contribution in [-0.4, -0.2) is 15.9 Å². The van der Waals surface area contributed by atoms with Crippen LogP contribution in [0, 0.1) is 6.92 Å². The lowest BCUT2D eigenvalue weighted by molar-refractivity contribution is 0.738. The molecule has 0 aliphatic carbocycles. The van der Waals surface area contributed by atoms with Crippen LogP contribution in [-0.2, 0) is 0 Å². The molecule has 1 unspecified atom stereocenters. The predicted octanol–water partition coefficient (Wildman–Crippen LogP) is 3.37. The van der Waals surface area contributed by atoms with Gasteiger partial charge in [0.2, 0.25) is 0 Å². The molecule has 2 aromatic heterocycles. The van der Waals surface area contributed by atoms with Gasteiger partial charge in [-0.3, -0.25) is 0 Å². The number of nitrogens with two attached hydrogens (primary N) is 1. The molecule has 0 fully saturated rings. The van der Waals surface area contributed by atoms with Crippen molar-refractivity contribution >= 4 is 5.65 Å². The Kier molecular flexibility index (Phi) is 3.28. The minimum absolute atomic E-state index is 0.267. The van der Waals surface area contributed by atoms with Gasteiger partial charge < -0.3 is 10.1 Å². The van der Waals surface area contributed by atoms with Gasteiger partial charge >= 0.3 is 0 Å². The molecule has 0 saturated heterocycles. The van der Waals surface area contributed by atoms with E-state index < -0.39 is 0 Å². The van der Waals surface area contributed by atoms with E-state index >= 15 is 0 Å². The molecule has 0 amide bonds. The first-order valence-corrected chi connectivity index (χ1v) is 6.95. The van der Waals surface area contributed by atoms with Crippen LogP contribution in [0.25, 0.3) is 16.9 Å². The van der Waals surface area contributed by atoms with Gasteiger partial charge in [0.15, 0.2) is 0 Å². The van der Waals surface area contributed by atoms with Crippen LogP contribution in [0.4, 0.5) is 0 Å². The van der Waals surface area contributed by atoms with Crippen LogP contribution >= 0.6 is 0 Å². The minimum atomic E-state index is 0.267. The van der Waals surface area contributed by atoms with Crippen LogP contribution in [0.3, 0.4) is 0 Å². The fraction of sp³-hybridized carbons (Fsp3) is 0.235. The smallest absolute Gasteiger partial charge is 0.137 e. The maximum Gasteiger partial charge on any atom is 0.137 e. The van der Waals surface area contributed by atoms with Gasteiger partial charge in [0, 0.05) is 24.2 Å². The molecule has 1 aromatic carbocycles. The summed E-state index contributed by atoms with van der Waals surface area (Å²) >= 11 is 0. The molecule has 3 rings (SSSR count). The van der Waals surface area contributed by atoms with Crippen LogP contribution in [0.15, 0.2) is 48.7 Å². The number of hydrogen-bond donors (Lipinski definition) is 1. The van der Waals surface area contributed by atoms with E-state index in [1.165, 1.54) is 11.3 Å². The number of aryl methyl sites for hydroxylation is 1. The number of nitrogens with zero attached hydrogens (tertiary/aromatic N) is 2. The third-order valence-electron chi connectivity index (χ3n) is 3.71. The van der Waals surface area contributed by atoms with Gasteiger partial charge in [-0.05, 0) is 19.1 Å². The Balaban J connectivity index is 2.26. The molecule has 3 aromatic rings. The summed E-state index contributed by atoms with van der Waals surface area (Å²) in [5.41, 5.74) is 11.5. The van der Waals surface area contributed by atoms with Crippen molar-refractivity contribution in [3.8, 4) is 11.3 Å². The summed E-state index contributed by atoms with van der Waals surface area (Å²) in [5.74, 6) is 0.267. The van der Waals surface area contributed by atoms with Crippen LogP contribution in [0.5, 0.6) is 0 Å². The SMILES string of the molecule is Cc1ccc(-c2nc3ccccn3c2C(C)CN)cc1. The first-order valence-electron chi connectivity index (χ1n) is 6.95. The largest absolute Gasteiger partial charge is 0.330 e. The molecule has 102 valence electrons. The molecular weight excluding hydrogens is 246 g/mol. The molecule has 0 spiro atoms. The normalized spacial score (nSPS) is 12.8. The van der Waals surface area contributed by atoms with E-state index in [1.807, 2.05) is 18.2 Å². The second-order valence-corrected chi connectivity index (χ2v) is 5.28. The lowest BCUT2D eigenvalue weighted by Crippen LogP contribution is -2.12. The third kappa shape index (κ3) is 2.10. The first kappa shape index (κ1) is 12.9. The highest BCUT2D eigenvalue weighted by Crippen LogP contribution is 2.29. The van der Waals surface area contributed by atoms with Crippen molar-refractivity contribution < 1.29 is 0 Å². The van der Waals surface area contributed by atoms with Crippen molar-refractivity contribution in [1.82, 2.24) is 9.38 Å². The van der Waals surface area contributed by atoms with Gasteiger partial charge in [0.05, 0.1) is 11.4 Å². The maximum atomic E-state index is 5.88. The van der Waals surface area contributed by atoms with Crippen LogP contribution in [0.2, 0.25) is 0 Å². The van der Waals surface area contributed by atoms with Gasteiger partial charge in [-0.15, -0.1) is 0 Å². The number of fused-ring (bicyclic) bond motifs is 1. The minimum Gasteiger partial charge on any atom is -0.330 e. The van der Waals surface area contributed by atoms with Crippen molar-refractivity contribution in [1.29, 1.82) is 0 Å². The molecule has 3 heteroatoms. The van der Waals surface area contributed by atoms with E-state index in [2.05, 4.69) is 48.7 Å². The lowest BCUT2D eigenvalue weighted by Gasteiger charge is -2.11. The van der Waals surface area contributed by atoms with E-state index in [9.17, 15) is 0 Å². The highest BCUT2D eigenvalue weighted by atomic mass is 15.0. The summed E-state index contributed by atoms with van der Waals surface area (Å²) in [6.45, 7) is 4.85. The van der Waals surface area contributed by atoms with Gasteiger partial charge in [0.1, 0.15) is 5.65 Å². The number of imidazole rings is 1. The van der Waals surface area contributed by atoms with Gasteiger partial charge in [-0.25, -0.2) is 4.98 Å². The lowest BCUT2D eigenvalue weighted by atomic mass is 10.0. The third-order valence-corrected chi connectivity index (χ3v) is 3.71. The molecule has 2 N–H and O–H groups in total. The summed E-state index contributed by atoms with van der Waals surface area (Å²) in [6, 6.07) is 14.6. The monoisotopic (exact) mass is 265 g/mol. The number of pyridine rings is 1. The zero-order valence-electron chi connectivity index (χ0n) is 11.9. The van der Waals surface area contributed by atoms with Crippen molar-refractivity contribution in [2.45, 2.75) is 19.8 Å². The van der Waals surface area contributed by atoms with E-state index in [4.69, 9.17) is 10.7 Å². The average Bonchev–Trinajstić information content (AvgIpc) is 2.86. The number of hydrogen-bond acceptors (Lipinski definition) is 2.